The lowest BCUT2D eigenvalue weighted by Crippen LogP contribution is -2.12. The molecule has 0 saturated heterocycles. The van der Waals surface area contributed by atoms with Crippen molar-refractivity contribution in [2.24, 2.45) is 0 Å². The van der Waals surface area contributed by atoms with Gasteiger partial charge in [-0.2, -0.15) is 0 Å². The van der Waals surface area contributed by atoms with Crippen LogP contribution in [0.15, 0.2) is 61.1 Å². The number of hydrogen-bond acceptors (Lipinski definition) is 5. The summed E-state index contributed by atoms with van der Waals surface area (Å²) in [7, 11) is 3.76. The van der Waals surface area contributed by atoms with E-state index in [9.17, 15) is 4.39 Å². The number of nitrogens with one attached hydrogen (secondary N) is 1. The molecule has 0 radical (unpaired) electrons. The number of anilines is 2. The molecule has 1 N–H and O–H groups in total. The lowest BCUT2D eigenvalue weighted by atomic mass is 10.0. The van der Waals surface area contributed by atoms with Gasteiger partial charge in [0.15, 0.2) is 0 Å². The molecule has 0 amide bonds. The van der Waals surface area contributed by atoms with Crippen molar-refractivity contribution >= 4 is 34.1 Å². The minimum Gasteiger partial charge on any atom is -0.377 e. The first-order valence-electron chi connectivity index (χ1n) is 9.53. The summed E-state index contributed by atoms with van der Waals surface area (Å²) >= 11 is 6.40. The minimum absolute atomic E-state index is 0.293. The summed E-state index contributed by atoms with van der Waals surface area (Å²) in [6.45, 7) is 1.90. The molecule has 5 nitrogen and oxygen atoms in total. The van der Waals surface area contributed by atoms with E-state index in [2.05, 4.69) is 20.3 Å². The summed E-state index contributed by atoms with van der Waals surface area (Å²) < 4.78 is 14.7. The monoisotopic (exact) mass is 421 g/mol. The van der Waals surface area contributed by atoms with Crippen LogP contribution in [0.2, 0.25) is 5.02 Å². The third-order valence-corrected chi connectivity index (χ3v) is 5.21. The van der Waals surface area contributed by atoms with Crippen LogP contribution in [-0.4, -0.2) is 29.0 Å². The quantitative estimate of drug-likeness (QED) is 0.446. The first-order valence-corrected chi connectivity index (χ1v) is 9.91. The van der Waals surface area contributed by atoms with Crippen molar-refractivity contribution in [1.82, 2.24) is 15.0 Å². The van der Waals surface area contributed by atoms with Gasteiger partial charge in [-0.05, 0) is 30.7 Å². The average molecular weight is 422 g/mol. The molecule has 4 rings (SSSR count). The van der Waals surface area contributed by atoms with Gasteiger partial charge in [0.2, 0.25) is 5.95 Å². The van der Waals surface area contributed by atoms with E-state index in [0.717, 1.165) is 27.7 Å². The number of benzene rings is 2. The predicted octanol–water partition coefficient (Wildman–Crippen LogP) is 5.72. The van der Waals surface area contributed by atoms with Crippen LogP contribution in [0.5, 0.6) is 0 Å². The highest BCUT2D eigenvalue weighted by Gasteiger charge is 2.16. The van der Waals surface area contributed by atoms with Crippen molar-refractivity contribution < 1.29 is 4.39 Å². The summed E-state index contributed by atoms with van der Waals surface area (Å²) in [6.07, 6.45) is 5.09. The summed E-state index contributed by atoms with van der Waals surface area (Å²) in [5, 5.41) is 4.74. The number of para-hydroxylation sites is 1. The smallest absolute Gasteiger partial charge is 0.224 e. The Morgan fingerprint density at radius 3 is 2.43 bits per heavy atom. The molecule has 2 heterocycles. The molecule has 0 aliphatic rings. The second-order valence-electron chi connectivity index (χ2n) is 7.27. The van der Waals surface area contributed by atoms with Crippen molar-refractivity contribution in [1.29, 1.82) is 0 Å². The second-order valence-corrected chi connectivity index (χ2v) is 7.67. The van der Waals surface area contributed by atoms with Crippen molar-refractivity contribution in [3.63, 3.8) is 0 Å². The molecule has 1 atom stereocenters. The highest BCUT2D eigenvalue weighted by molar-refractivity contribution is 6.34. The van der Waals surface area contributed by atoms with E-state index in [-0.39, 0.29) is 11.9 Å². The number of halogens is 2. The third kappa shape index (κ3) is 3.91. The van der Waals surface area contributed by atoms with Crippen LogP contribution in [0.4, 0.5) is 16.0 Å². The molecule has 7 heteroatoms. The number of pyridine rings is 1. The van der Waals surface area contributed by atoms with Gasteiger partial charge < -0.3 is 10.2 Å². The van der Waals surface area contributed by atoms with Gasteiger partial charge in [0.1, 0.15) is 5.82 Å². The third-order valence-electron chi connectivity index (χ3n) is 4.92. The zero-order valence-corrected chi connectivity index (χ0v) is 17.7. The molecule has 4 aromatic rings. The summed E-state index contributed by atoms with van der Waals surface area (Å²) in [6, 6.07) is 12.4. The normalized spacial score (nSPS) is 12.0. The van der Waals surface area contributed by atoms with Gasteiger partial charge >= 0.3 is 0 Å². The molecule has 0 unspecified atom stereocenters. The molecule has 0 saturated carbocycles. The molecule has 2 aromatic carbocycles. The molecule has 0 aliphatic heterocycles. The molecule has 2 aromatic heterocycles. The van der Waals surface area contributed by atoms with E-state index in [0.29, 0.717) is 16.5 Å². The number of aromatic nitrogens is 3. The Bertz CT molecular complexity index is 1190. The maximum Gasteiger partial charge on any atom is 0.224 e. The van der Waals surface area contributed by atoms with Crippen molar-refractivity contribution in [3.05, 3.63) is 77.5 Å². The lowest BCUT2D eigenvalue weighted by molar-refractivity contribution is 0.600. The Balaban J connectivity index is 1.67. The molecule has 30 heavy (non-hydrogen) atoms. The van der Waals surface area contributed by atoms with Crippen molar-refractivity contribution in [2.45, 2.75) is 13.0 Å². The molecule has 0 spiro atoms. The van der Waals surface area contributed by atoms with Crippen LogP contribution < -0.4 is 10.2 Å². The summed E-state index contributed by atoms with van der Waals surface area (Å²) in [5.74, 6) is 0.328. The summed E-state index contributed by atoms with van der Waals surface area (Å²) in [5.41, 5.74) is 3.75. The molecular weight excluding hydrogens is 401 g/mol. The van der Waals surface area contributed by atoms with Gasteiger partial charge in [-0.3, -0.25) is 4.98 Å². The topological polar surface area (TPSA) is 53.9 Å². The maximum absolute atomic E-state index is 14.7. The van der Waals surface area contributed by atoms with Crippen molar-refractivity contribution in [3.8, 4) is 11.1 Å². The zero-order valence-electron chi connectivity index (χ0n) is 16.9. The van der Waals surface area contributed by atoms with Crippen molar-refractivity contribution in [2.75, 3.05) is 24.3 Å². The highest BCUT2D eigenvalue weighted by atomic mass is 35.5. The molecule has 0 fully saturated rings. The second kappa shape index (κ2) is 8.24. The lowest BCUT2D eigenvalue weighted by Gasteiger charge is -2.19. The molecular formula is C23H21ClFN5. The number of nitrogens with zero attached hydrogens (tertiary/aromatic N) is 4. The van der Waals surface area contributed by atoms with Crippen LogP contribution >= 0.6 is 11.6 Å². The summed E-state index contributed by atoms with van der Waals surface area (Å²) in [4.78, 5) is 14.9. The number of hydrogen-bond donors (Lipinski definition) is 1. The highest BCUT2D eigenvalue weighted by Crippen LogP contribution is 2.34. The Kier molecular flexibility index (Phi) is 5.50. The molecule has 0 bridgehead atoms. The minimum atomic E-state index is -0.324. The van der Waals surface area contributed by atoms with Gasteiger partial charge in [-0.1, -0.05) is 35.9 Å². The van der Waals surface area contributed by atoms with Crippen LogP contribution in [-0.2, 0) is 0 Å². The largest absolute Gasteiger partial charge is 0.377 e. The fraction of sp³-hybridized carbons (Fsp3) is 0.174. The van der Waals surface area contributed by atoms with Gasteiger partial charge in [-0.25, -0.2) is 14.4 Å². The van der Waals surface area contributed by atoms with Crippen LogP contribution in [0.3, 0.4) is 0 Å². The first kappa shape index (κ1) is 20.0. The standard InChI is InChI=1S/C23H21ClFN5/c1-14(29-22-17-6-4-5-7-21(17)26-13-19(22)24)18-10-15(8-9-20(18)25)16-11-27-23(28-12-16)30(2)3/h4-14H,1-3H3,(H,26,29)/t14-/m1/s1. The van der Waals surface area contributed by atoms with Gasteiger partial charge in [-0.15, -0.1) is 0 Å². The maximum atomic E-state index is 14.7. The predicted molar refractivity (Wildman–Crippen MR) is 121 cm³/mol. The SMILES string of the molecule is C[C@@H](Nc1c(Cl)cnc2ccccc12)c1cc(-c2cnc(N(C)C)nc2)ccc1F. The van der Waals surface area contributed by atoms with E-state index >= 15 is 0 Å². The fourth-order valence-electron chi connectivity index (χ4n) is 3.31. The van der Waals surface area contributed by atoms with E-state index in [4.69, 9.17) is 11.6 Å². The van der Waals surface area contributed by atoms with Gasteiger partial charge in [0, 0.05) is 49.2 Å². The zero-order chi connectivity index (χ0) is 21.3. The Morgan fingerprint density at radius 2 is 1.70 bits per heavy atom. The van der Waals surface area contributed by atoms with E-state index < -0.39 is 0 Å². The van der Waals surface area contributed by atoms with Gasteiger partial charge in [0.05, 0.1) is 22.3 Å². The average Bonchev–Trinajstić information content (AvgIpc) is 2.76. The van der Waals surface area contributed by atoms with Crippen LogP contribution in [0, 0.1) is 5.82 Å². The number of rotatable bonds is 5. The molecule has 0 aliphatic carbocycles. The van der Waals surface area contributed by atoms with Crippen LogP contribution in [0.25, 0.3) is 22.0 Å². The van der Waals surface area contributed by atoms with Crippen LogP contribution in [0.1, 0.15) is 18.5 Å². The Morgan fingerprint density at radius 1 is 0.967 bits per heavy atom. The Hall–Kier alpha value is -3.25. The fourth-order valence-corrected chi connectivity index (χ4v) is 3.52. The van der Waals surface area contributed by atoms with E-state index in [1.165, 1.54) is 6.07 Å². The number of fused-ring (bicyclic) bond motifs is 1. The first-order chi connectivity index (χ1) is 14.4. The van der Waals surface area contributed by atoms with E-state index in [1.54, 1.807) is 24.7 Å². The van der Waals surface area contributed by atoms with Gasteiger partial charge in [0.25, 0.3) is 0 Å². The molecule has 152 valence electrons. The Labute approximate surface area is 179 Å². The van der Waals surface area contributed by atoms with E-state index in [1.807, 2.05) is 56.3 Å².